The van der Waals surface area contributed by atoms with Crippen molar-refractivity contribution >= 4 is 23.5 Å². The van der Waals surface area contributed by atoms with Crippen LogP contribution in [0.25, 0.3) is 5.69 Å². The summed E-state index contributed by atoms with van der Waals surface area (Å²) in [6.45, 7) is 2.02. The topological polar surface area (TPSA) is 26.5 Å². The maximum absolute atomic E-state index is 13.2. The molecule has 2 aromatic carbocycles. The Kier molecular flexibility index (Phi) is 4.67. The van der Waals surface area contributed by atoms with Crippen molar-refractivity contribution < 1.29 is 9.13 Å². The van der Waals surface area contributed by atoms with Gasteiger partial charge in [-0.15, -0.1) is 0 Å². The van der Waals surface area contributed by atoms with E-state index in [2.05, 4.69) is 9.56 Å². The highest BCUT2D eigenvalue weighted by molar-refractivity contribution is 6.31. The Labute approximate surface area is 145 Å². The minimum Gasteiger partial charge on any atom is -0.497 e. The van der Waals surface area contributed by atoms with Crippen molar-refractivity contribution in [3.63, 3.8) is 0 Å². The molecular formula is C19H16ClFN2O. The molecule has 0 saturated carbocycles. The molecule has 0 aliphatic rings. The minimum atomic E-state index is -0.447. The summed E-state index contributed by atoms with van der Waals surface area (Å²) in [6.07, 6.45) is 3.72. The predicted molar refractivity (Wildman–Crippen MR) is 95.7 cm³/mol. The summed E-state index contributed by atoms with van der Waals surface area (Å²) >= 11 is 5.77. The Hall–Kier alpha value is -2.59. The first kappa shape index (κ1) is 16.3. The van der Waals surface area contributed by atoms with Gasteiger partial charge in [0.05, 0.1) is 17.8 Å². The maximum atomic E-state index is 13.2. The maximum Gasteiger partial charge on any atom is 0.141 e. The average Bonchev–Trinajstić information content (AvgIpc) is 2.97. The van der Waals surface area contributed by atoms with Crippen molar-refractivity contribution in [2.45, 2.75) is 6.92 Å². The molecule has 5 heteroatoms. The number of halogens is 2. The molecule has 3 aromatic rings. The fourth-order valence-corrected chi connectivity index (χ4v) is 2.58. The van der Waals surface area contributed by atoms with Crippen molar-refractivity contribution in [2.24, 2.45) is 4.99 Å². The van der Waals surface area contributed by atoms with E-state index in [1.807, 2.05) is 43.5 Å². The van der Waals surface area contributed by atoms with Crippen molar-refractivity contribution in [3.05, 3.63) is 76.8 Å². The number of aryl methyl sites for hydroxylation is 1. The summed E-state index contributed by atoms with van der Waals surface area (Å²) in [7, 11) is 1.65. The number of hydrogen-bond acceptors (Lipinski definition) is 2. The van der Waals surface area contributed by atoms with E-state index in [-0.39, 0.29) is 5.02 Å². The summed E-state index contributed by atoms with van der Waals surface area (Å²) in [5, 5.41) is 0.0663. The lowest BCUT2D eigenvalue weighted by Gasteiger charge is -2.06. The molecule has 0 spiro atoms. The predicted octanol–water partition coefficient (Wildman–Crippen LogP) is 5.34. The van der Waals surface area contributed by atoms with Crippen molar-refractivity contribution in [2.75, 3.05) is 7.11 Å². The third-order valence-electron chi connectivity index (χ3n) is 3.65. The molecule has 0 fully saturated rings. The molecule has 0 aliphatic heterocycles. The van der Waals surface area contributed by atoms with E-state index in [0.717, 1.165) is 22.7 Å². The van der Waals surface area contributed by atoms with Crippen LogP contribution in [0.5, 0.6) is 5.75 Å². The van der Waals surface area contributed by atoms with Gasteiger partial charge in [0.25, 0.3) is 0 Å². The molecule has 3 nitrogen and oxygen atoms in total. The third kappa shape index (κ3) is 3.49. The average molecular weight is 343 g/mol. The number of nitrogens with zero attached hydrogens (tertiary/aromatic N) is 2. The second-order valence-electron chi connectivity index (χ2n) is 5.34. The molecule has 0 atom stereocenters. The molecule has 0 saturated heterocycles. The van der Waals surface area contributed by atoms with E-state index < -0.39 is 5.82 Å². The molecular weight excluding hydrogens is 327 g/mol. The first-order valence-electron chi connectivity index (χ1n) is 7.39. The van der Waals surface area contributed by atoms with E-state index in [1.54, 1.807) is 19.4 Å². The van der Waals surface area contributed by atoms with Gasteiger partial charge in [0, 0.05) is 29.4 Å². The van der Waals surface area contributed by atoms with Gasteiger partial charge >= 0.3 is 0 Å². The highest BCUT2D eigenvalue weighted by Gasteiger charge is 2.04. The van der Waals surface area contributed by atoms with Gasteiger partial charge in [0.2, 0.25) is 0 Å². The molecule has 0 bridgehead atoms. The Bertz CT molecular complexity index is 885. The highest BCUT2D eigenvalue weighted by Crippen LogP contribution is 2.22. The number of methoxy groups -OCH3 is 1. The fraction of sp³-hybridized carbons (Fsp3) is 0.105. The Morgan fingerprint density at radius 1 is 1.12 bits per heavy atom. The first-order valence-corrected chi connectivity index (χ1v) is 7.77. The van der Waals surface area contributed by atoms with Crippen LogP contribution in [0.4, 0.5) is 10.1 Å². The molecule has 0 amide bonds. The lowest BCUT2D eigenvalue weighted by molar-refractivity contribution is 0.414. The number of rotatable bonds is 4. The van der Waals surface area contributed by atoms with Crippen LogP contribution in [0, 0.1) is 12.7 Å². The largest absolute Gasteiger partial charge is 0.497 e. The zero-order valence-corrected chi connectivity index (χ0v) is 14.1. The van der Waals surface area contributed by atoms with Gasteiger partial charge in [-0.1, -0.05) is 11.6 Å². The Morgan fingerprint density at radius 2 is 1.88 bits per heavy atom. The molecule has 1 aromatic heterocycles. The zero-order valence-electron chi connectivity index (χ0n) is 13.3. The van der Waals surface area contributed by atoms with Crippen LogP contribution < -0.4 is 4.74 Å². The van der Waals surface area contributed by atoms with Gasteiger partial charge in [-0.2, -0.15) is 0 Å². The molecule has 24 heavy (non-hydrogen) atoms. The minimum absolute atomic E-state index is 0.0663. The smallest absolute Gasteiger partial charge is 0.141 e. The van der Waals surface area contributed by atoms with Crippen molar-refractivity contribution in [1.29, 1.82) is 0 Å². The Balaban J connectivity index is 1.85. The first-order chi connectivity index (χ1) is 11.6. The van der Waals surface area contributed by atoms with E-state index in [0.29, 0.717) is 5.69 Å². The second kappa shape index (κ2) is 6.89. The molecule has 0 radical (unpaired) electrons. The zero-order chi connectivity index (χ0) is 17.1. The quantitative estimate of drug-likeness (QED) is 0.588. The van der Waals surface area contributed by atoms with Gasteiger partial charge in [-0.05, 0) is 55.5 Å². The molecule has 1 heterocycles. The normalized spacial score (nSPS) is 11.2. The SMILES string of the molecule is COc1ccc(-n2cc(C=Nc3ccc(F)c(Cl)c3)cc2C)cc1. The van der Waals surface area contributed by atoms with Crippen LogP contribution in [0.1, 0.15) is 11.3 Å². The summed E-state index contributed by atoms with van der Waals surface area (Å²) in [5.41, 5.74) is 3.68. The second-order valence-corrected chi connectivity index (χ2v) is 5.75. The van der Waals surface area contributed by atoms with Crippen LogP contribution in [-0.2, 0) is 0 Å². The number of hydrogen-bond donors (Lipinski definition) is 0. The lowest BCUT2D eigenvalue weighted by Crippen LogP contribution is -1.94. The monoisotopic (exact) mass is 342 g/mol. The summed E-state index contributed by atoms with van der Waals surface area (Å²) in [4.78, 5) is 4.34. The molecule has 0 aliphatic carbocycles. The number of aliphatic imine (C=N–C) groups is 1. The summed E-state index contributed by atoms with van der Waals surface area (Å²) < 4.78 is 20.4. The lowest BCUT2D eigenvalue weighted by atomic mass is 10.3. The number of aromatic nitrogens is 1. The van der Waals surface area contributed by atoms with Gasteiger partial charge in [0.1, 0.15) is 11.6 Å². The Morgan fingerprint density at radius 3 is 2.54 bits per heavy atom. The summed E-state index contributed by atoms with van der Waals surface area (Å²) in [5.74, 6) is 0.371. The number of benzene rings is 2. The van der Waals surface area contributed by atoms with E-state index in [1.165, 1.54) is 12.1 Å². The van der Waals surface area contributed by atoms with Crippen molar-refractivity contribution in [3.8, 4) is 11.4 Å². The van der Waals surface area contributed by atoms with Gasteiger partial charge in [0.15, 0.2) is 0 Å². The van der Waals surface area contributed by atoms with Gasteiger partial charge < -0.3 is 9.30 Å². The van der Waals surface area contributed by atoms with Gasteiger partial charge in [-0.3, -0.25) is 4.99 Å². The molecule has 3 rings (SSSR count). The summed E-state index contributed by atoms with van der Waals surface area (Å²) in [6, 6.07) is 14.2. The van der Waals surface area contributed by atoms with Crippen LogP contribution in [-0.4, -0.2) is 17.9 Å². The van der Waals surface area contributed by atoms with Crippen LogP contribution in [0.2, 0.25) is 5.02 Å². The van der Waals surface area contributed by atoms with Crippen molar-refractivity contribution in [1.82, 2.24) is 4.57 Å². The fourth-order valence-electron chi connectivity index (χ4n) is 2.40. The van der Waals surface area contributed by atoms with Crippen LogP contribution >= 0.6 is 11.6 Å². The standard InChI is InChI=1S/C19H16ClFN2O/c1-13-9-14(11-22-15-3-8-19(21)18(20)10-15)12-23(13)16-4-6-17(24-2)7-5-16/h3-12H,1-2H3. The molecule has 0 N–H and O–H groups in total. The molecule has 0 unspecified atom stereocenters. The van der Waals surface area contributed by atoms with Crippen LogP contribution in [0.15, 0.2) is 59.7 Å². The van der Waals surface area contributed by atoms with Gasteiger partial charge in [-0.25, -0.2) is 4.39 Å². The third-order valence-corrected chi connectivity index (χ3v) is 3.94. The highest BCUT2D eigenvalue weighted by atomic mass is 35.5. The number of ether oxygens (including phenoxy) is 1. The van der Waals surface area contributed by atoms with E-state index in [9.17, 15) is 4.39 Å². The van der Waals surface area contributed by atoms with E-state index in [4.69, 9.17) is 16.3 Å². The van der Waals surface area contributed by atoms with Crippen LogP contribution in [0.3, 0.4) is 0 Å². The van der Waals surface area contributed by atoms with E-state index >= 15 is 0 Å². The molecule has 122 valence electrons.